The molecule has 2 rings (SSSR count). The van der Waals surface area contributed by atoms with Gasteiger partial charge in [-0.05, 0) is 0 Å². The highest BCUT2D eigenvalue weighted by Gasteiger charge is 2.19. The Balaban J connectivity index is 2.38. The van der Waals surface area contributed by atoms with Crippen molar-refractivity contribution in [3.8, 4) is 0 Å². The standard InChI is InChI=1S/C7H10N6O/c1-12-6(8-3-10-12)5(14)7-9-4-11-13(7)2/h3-5,14H,1-2H3. The molecule has 0 spiro atoms. The summed E-state index contributed by atoms with van der Waals surface area (Å²) in [4.78, 5) is 7.87. The van der Waals surface area contributed by atoms with Crippen molar-refractivity contribution in [3.63, 3.8) is 0 Å². The Morgan fingerprint density at radius 3 is 1.79 bits per heavy atom. The van der Waals surface area contributed by atoms with Gasteiger partial charge in [-0.3, -0.25) is 9.36 Å². The summed E-state index contributed by atoms with van der Waals surface area (Å²) in [7, 11) is 3.42. The molecule has 0 saturated carbocycles. The highest BCUT2D eigenvalue weighted by molar-refractivity contribution is 5.04. The van der Waals surface area contributed by atoms with Gasteiger partial charge in [0.15, 0.2) is 17.8 Å². The fraction of sp³-hybridized carbons (Fsp3) is 0.429. The molecule has 2 heterocycles. The van der Waals surface area contributed by atoms with Crippen LogP contribution in [0.2, 0.25) is 0 Å². The molecule has 0 bridgehead atoms. The number of hydrogen-bond acceptors (Lipinski definition) is 5. The normalized spacial score (nSPS) is 11.1. The zero-order valence-electron chi connectivity index (χ0n) is 7.86. The Morgan fingerprint density at radius 2 is 1.50 bits per heavy atom. The molecule has 0 aromatic carbocycles. The van der Waals surface area contributed by atoms with Crippen LogP contribution >= 0.6 is 0 Å². The van der Waals surface area contributed by atoms with Crippen LogP contribution in [0.4, 0.5) is 0 Å². The van der Waals surface area contributed by atoms with Crippen LogP contribution in [0, 0.1) is 0 Å². The molecular weight excluding hydrogens is 184 g/mol. The largest absolute Gasteiger partial charge is 0.377 e. The molecule has 7 heteroatoms. The first-order chi connectivity index (χ1) is 6.70. The lowest BCUT2D eigenvalue weighted by Crippen LogP contribution is -2.13. The smallest absolute Gasteiger partial charge is 0.172 e. The van der Waals surface area contributed by atoms with Crippen molar-refractivity contribution in [1.82, 2.24) is 29.5 Å². The summed E-state index contributed by atoms with van der Waals surface area (Å²) in [6.07, 6.45) is 1.87. The lowest BCUT2D eigenvalue weighted by molar-refractivity contribution is 0.189. The van der Waals surface area contributed by atoms with E-state index in [2.05, 4.69) is 20.2 Å². The van der Waals surface area contributed by atoms with Crippen molar-refractivity contribution >= 4 is 0 Å². The van der Waals surface area contributed by atoms with E-state index in [1.54, 1.807) is 14.1 Å². The van der Waals surface area contributed by atoms with Gasteiger partial charge in [-0.25, -0.2) is 9.97 Å². The molecule has 2 aromatic heterocycles. The number of aliphatic hydroxyl groups excluding tert-OH is 1. The van der Waals surface area contributed by atoms with Gasteiger partial charge < -0.3 is 5.11 Å². The van der Waals surface area contributed by atoms with Crippen LogP contribution in [-0.2, 0) is 14.1 Å². The monoisotopic (exact) mass is 194 g/mol. The summed E-state index contributed by atoms with van der Waals surface area (Å²) >= 11 is 0. The highest BCUT2D eigenvalue weighted by atomic mass is 16.3. The van der Waals surface area contributed by atoms with E-state index in [4.69, 9.17) is 0 Å². The van der Waals surface area contributed by atoms with E-state index in [1.807, 2.05) is 0 Å². The lowest BCUT2D eigenvalue weighted by atomic mass is 10.3. The van der Waals surface area contributed by atoms with Crippen LogP contribution in [0.15, 0.2) is 12.7 Å². The highest BCUT2D eigenvalue weighted by Crippen LogP contribution is 2.15. The number of aromatic nitrogens is 6. The number of rotatable bonds is 2. The van der Waals surface area contributed by atoms with E-state index < -0.39 is 6.10 Å². The molecule has 0 atom stereocenters. The number of hydrogen-bond donors (Lipinski definition) is 1. The second-order valence-corrected chi connectivity index (χ2v) is 2.89. The van der Waals surface area contributed by atoms with Gasteiger partial charge in [-0.2, -0.15) is 10.2 Å². The van der Waals surface area contributed by atoms with Crippen LogP contribution in [-0.4, -0.2) is 34.6 Å². The Hall–Kier alpha value is -1.76. The third kappa shape index (κ3) is 1.27. The van der Waals surface area contributed by atoms with Crippen molar-refractivity contribution in [2.24, 2.45) is 14.1 Å². The molecule has 0 unspecified atom stereocenters. The molecule has 0 aliphatic heterocycles. The lowest BCUT2D eigenvalue weighted by Gasteiger charge is -2.07. The first kappa shape index (κ1) is 8.82. The van der Waals surface area contributed by atoms with Crippen LogP contribution in [0.1, 0.15) is 17.8 Å². The molecule has 1 N–H and O–H groups in total. The van der Waals surface area contributed by atoms with Crippen LogP contribution in [0.3, 0.4) is 0 Å². The Bertz CT molecular complexity index is 393. The zero-order valence-corrected chi connectivity index (χ0v) is 7.86. The molecule has 74 valence electrons. The summed E-state index contributed by atoms with van der Waals surface area (Å²) < 4.78 is 3.00. The number of nitrogens with zero attached hydrogens (tertiary/aromatic N) is 6. The van der Waals surface area contributed by atoms with Gasteiger partial charge in [0.25, 0.3) is 0 Å². The molecular formula is C7H10N6O. The minimum Gasteiger partial charge on any atom is -0.377 e. The summed E-state index contributed by atoms with van der Waals surface area (Å²) in [5, 5.41) is 17.6. The van der Waals surface area contributed by atoms with Gasteiger partial charge in [0, 0.05) is 14.1 Å². The third-order valence-electron chi connectivity index (χ3n) is 1.98. The van der Waals surface area contributed by atoms with Crippen molar-refractivity contribution in [2.45, 2.75) is 6.10 Å². The molecule has 0 aliphatic rings. The van der Waals surface area contributed by atoms with Gasteiger partial charge in [0.2, 0.25) is 0 Å². The fourth-order valence-electron chi connectivity index (χ4n) is 1.22. The van der Waals surface area contributed by atoms with Crippen molar-refractivity contribution in [1.29, 1.82) is 0 Å². The van der Waals surface area contributed by atoms with Crippen molar-refractivity contribution in [2.75, 3.05) is 0 Å². The van der Waals surface area contributed by atoms with Crippen molar-refractivity contribution < 1.29 is 5.11 Å². The maximum absolute atomic E-state index is 9.88. The topological polar surface area (TPSA) is 81.7 Å². The molecule has 0 fully saturated rings. The molecule has 0 amide bonds. The summed E-state index contributed by atoms with van der Waals surface area (Å²) in [5.41, 5.74) is 0. The molecule has 0 saturated heterocycles. The fourth-order valence-corrected chi connectivity index (χ4v) is 1.22. The molecule has 2 aromatic rings. The summed E-state index contributed by atoms with van der Waals surface area (Å²) in [6, 6.07) is 0. The van der Waals surface area contributed by atoms with Crippen LogP contribution in [0.25, 0.3) is 0 Å². The van der Waals surface area contributed by atoms with E-state index in [0.29, 0.717) is 11.6 Å². The second kappa shape index (κ2) is 3.18. The first-order valence-electron chi connectivity index (χ1n) is 4.06. The molecule has 0 aliphatic carbocycles. The average molecular weight is 194 g/mol. The second-order valence-electron chi connectivity index (χ2n) is 2.89. The maximum atomic E-state index is 9.88. The van der Waals surface area contributed by atoms with E-state index in [1.165, 1.54) is 22.0 Å². The number of aryl methyl sites for hydroxylation is 2. The van der Waals surface area contributed by atoms with Crippen molar-refractivity contribution in [3.05, 3.63) is 24.3 Å². The molecule has 0 radical (unpaired) electrons. The zero-order chi connectivity index (χ0) is 10.1. The minimum atomic E-state index is -0.894. The molecule has 14 heavy (non-hydrogen) atoms. The van der Waals surface area contributed by atoms with Crippen LogP contribution < -0.4 is 0 Å². The Kier molecular flexibility index (Phi) is 2.01. The van der Waals surface area contributed by atoms with E-state index in [-0.39, 0.29) is 0 Å². The van der Waals surface area contributed by atoms with Gasteiger partial charge in [0.1, 0.15) is 12.7 Å². The van der Waals surface area contributed by atoms with Gasteiger partial charge in [-0.1, -0.05) is 0 Å². The summed E-state index contributed by atoms with van der Waals surface area (Å²) in [5.74, 6) is 0.891. The van der Waals surface area contributed by atoms with Gasteiger partial charge in [0.05, 0.1) is 0 Å². The van der Waals surface area contributed by atoms with Gasteiger partial charge in [-0.15, -0.1) is 0 Å². The summed E-state index contributed by atoms with van der Waals surface area (Å²) in [6.45, 7) is 0. The third-order valence-corrected chi connectivity index (χ3v) is 1.98. The Morgan fingerprint density at radius 1 is 1.07 bits per heavy atom. The Labute approximate surface area is 80.0 Å². The predicted octanol–water partition coefficient (Wildman–Crippen LogP) is -0.975. The van der Waals surface area contributed by atoms with Crippen LogP contribution in [0.5, 0.6) is 0 Å². The minimum absolute atomic E-state index is 0.445. The predicted molar refractivity (Wildman–Crippen MR) is 46.1 cm³/mol. The molecule has 7 nitrogen and oxygen atoms in total. The first-order valence-corrected chi connectivity index (χ1v) is 4.06. The van der Waals surface area contributed by atoms with E-state index in [9.17, 15) is 5.11 Å². The van der Waals surface area contributed by atoms with E-state index in [0.717, 1.165) is 0 Å². The maximum Gasteiger partial charge on any atom is 0.172 e. The number of aliphatic hydroxyl groups is 1. The van der Waals surface area contributed by atoms with E-state index >= 15 is 0 Å². The quantitative estimate of drug-likeness (QED) is 0.664. The average Bonchev–Trinajstić information content (AvgIpc) is 2.73. The van der Waals surface area contributed by atoms with Gasteiger partial charge >= 0.3 is 0 Å². The SMILES string of the molecule is Cn1ncnc1C(O)c1ncnn1C.